The van der Waals surface area contributed by atoms with Crippen molar-refractivity contribution in [3.05, 3.63) is 47.1 Å². The zero-order valence-electron chi connectivity index (χ0n) is 10.5. The van der Waals surface area contributed by atoms with Crippen molar-refractivity contribution >= 4 is 28.6 Å². The minimum Gasteiger partial charge on any atom is -0.478 e. The molecule has 0 amide bonds. The van der Waals surface area contributed by atoms with Crippen LogP contribution in [0, 0.1) is 0 Å². The number of carbonyl (C=O) groups is 1. The highest BCUT2D eigenvalue weighted by molar-refractivity contribution is 6.33. The van der Waals surface area contributed by atoms with Crippen LogP contribution < -0.4 is 0 Å². The number of aromatic nitrogens is 3. The topological polar surface area (TPSA) is 68.0 Å². The summed E-state index contributed by atoms with van der Waals surface area (Å²) in [7, 11) is 1.72. The van der Waals surface area contributed by atoms with Gasteiger partial charge in [0, 0.05) is 17.6 Å². The second kappa shape index (κ2) is 4.61. The third kappa shape index (κ3) is 1.92. The fraction of sp³-hybridized carbons (Fsp3) is 0.0714. The van der Waals surface area contributed by atoms with Crippen molar-refractivity contribution < 1.29 is 9.90 Å². The number of pyridine rings is 1. The maximum Gasteiger partial charge on any atom is 0.336 e. The van der Waals surface area contributed by atoms with E-state index >= 15 is 0 Å². The smallest absolute Gasteiger partial charge is 0.336 e. The maximum absolute atomic E-state index is 11.4. The molecule has 0 unspecified atom stereocenters. The molecule has 0 saturated heterocycles. The van der Waals surface area contributed by atoms with Gasteiger partial charge in [-0.25, -0.2) is 9.78 Å². The maximum atomic E-state index is 11.4. The third-order valence-electron chi connectivity index (χ3n) is 3.09. The number of benzene rings is 1. The van der Waals surface area contributed by atoms with Gasteiger partial charge in [0.2, 0.25) is 0 Å². The first-order chi connectivity index (χ1) is 9.58. The van der Waals surface area contributed by atoms with Crippen LogP contribution in [0.15, 0.2) is 36.5 Å². The Bertz CT molecular complexity index is 826. The zero-order chi connectivity index (χ0) is 14.3. The first kappa shape index (κ1) is 12.6. The van der Waals surface area contributed by atoms with E-state index in [4.69, 9.17) is 11.6 Å². The van der Waals surface area contributed by atoms with E-state index in [1.54, 1.807) is 23.9 Å². The molecule has 2 aromatic heterocycles. The molecule has 1 N–H and O–H groups in total. The summed E-state index contributed by atoms with van der Waals surface area (Å²) in [6.45, 7) is 0. The van der Waals surface area contributed by atoms with Gasteiger partial charge in [-0.3, -0.25) is 4.68 Å². The number of fused-ring (bicyclic) bond motifs is 1. The molecule has 1 aromatic carbocycles. The predicted molar refractivity (Wildman–Crippen MR) is 75.9 cm³/mol. The van der Waals surface area contributed by atoms with Gasteiger partial charge in [-0.15, -0.1) is 0 Å². The van der Waals surface area contributed by atoms with Crippen LogP contribution >= 0.6 is 11.6 Å². The summed E-state index contributed by atoms with van der Waals surface area (Å²) in [5, 5.41) is 14.4. The summed E-state index contributed by atoms with van der Waals surface area (Å²) in [4.78, 5) is 15.9. The first-order valence-corrected chi connectivity index (χ1v) is 6.26. The molecule has 0 atom stereocenters. The highest BCUT2D eigenvalue weighted by Crippen LogP contribution is 2.29. The van der Waals surface area contributed by atoms with Gasteiger partial charge in [-0.2, -0.15) is 5.10 Å². The Balaban J connectivity index is 2.35. The van der Waals surface area contributed by atoms with Gasteiger partial charge < -0.3 is 5.11 Å². The number of carboxylic acids is 1. The molecule has 100 valence electrons. The van der Waals surface area contributed by atoms with Crippen LogP contribution in [0.5, 0.6) is 0 Å². The molecule has 0 saturated carbocycles. The lowest BCUT2D eigenvalue weighted by atomic mass is 10.1. The number of aryl methyl sites for hydroxylation is 1. The SMILES string of the molecule is Cn1ncc2c(C(=O)O)cc(-c3ccccc3Cl)nc21. The molecular weight excluding hydrogens is 278 g/mol. The van der Waals surface area contributed by atoms with E-state index in [1.165, 1.54) is 12.3 Å². The average molecular weight is 288 g/mol. The molecule has 0 spiro atoms. The van der Waals surface area contributed by atoms with Crippen LogP contribution in [-0.2, 0) is 7.05 Å². The Kier molecular flexibility index (Phi) is 2.91. The van der Waals surface area contributed by atoms with E-state index in [-0.39, 0.29) is 5.56 Å². The highest BCUT2D eigenvalue weighted by atomic mass is 35.5. The Morgan fingerprint density at radius 3 is 2.80 bits per heavy atom. The number of hydrogen-bond donors (Lipinski definition) is 1. The van der Waals surface area contributed by atoms with Crippen molar-refractivity contribution in [3.8, 4) is 11.3 Å². The molecule has 0 bridgehead atoms. The summed E-state index contributed by atoms with van der Waals surface area (Å²) >= 11 is 6.15. The second-order valence-electron chi connectivity index (χ2n) is 4.35. The van der Waals surface area contributed by atoms with E-state index in [2.05, 4.69) is 10.1 Å². The van der Waals surface area contributed by atoms with Crippen LogP contribution in [0.25, 0.3) is 22.3 Å². The van der Waals surface area contributed by atoms with Gasteiger partial charge in [0.25, 0.3) is 0 Å². The van der Waals surface area contributed by atoms with E-state index in [9.17, 15) is 9.90 Å². The average Bonchev–Trinajstić information content (AvgIpc) is 2.80. The summed E-state index contributed by atoms with van der Waals surface area (Å²) in [5.41, 5.74) is 1.89. The summed E-state index contributed by atoms with van der Waals surface area (Å²) in [6.07, 6.45) is 1.50. The fourth-order valence-corrected chi connectivity index (χ4v) is 2.33. The molecule has 0 aliphatic rings. The molecule has 6 heteroatoms. The minimum atomic E-state index is -1.02. The molecule has 3 rings (SSSR count). The third-order valence-corrected chi connectivity index (χ3v) is 3.41. The van der Waals surface area contributed by atoms with Gasteiger partial charge in [-0.1, -0.05) is 29.8 Å². The molecule has 0 radical (unpaired) electrons. The van der Waals surface area contributed by atoms with Crippen molar-refractivity contribution in [2.24, 2.45) is 7.05 Å². The van der Waals surface area contributed by atoms with Gasteiger partial charge in [0.15, 0.2) is 5.65 Å². The van der Waals surface area contributed by atoms with E-state index in [0.29, 0.717) is 27.3 Å². The Labute approximate surface area is 119 Å². The number of nitrogens with zero attached hydrogens (tertiary/aromatic N) is 3. The molecule has 3 aromatic rings. The largest absolute Gasteiger partial charge is 0.478 e. The summed E-state index contributed by atoms with van der Waals surface area (Å²) < 4.78 is 1.54. The van der Waals surface area contributed by atoms with Gasteiger partial charge >= 0.3 is 5.97 Å². The monoisotopic (exact) mass is 287 g/mol. The molecule has 0 aliphatic carbocycles. The lowest BCUT2D eigenvalue weighted by Gasteiger charge is -2.06. The Morgan fingerprint density at radius 1 is 1.35 bits per heavy atom. The van der Waals surface area contributed by atoms with Crippen molar-refractivity contribution in [1.29, 1.82) is 0 Å². The van der Waals surface area contributed by atoms with Crippen molar-refractivity contribution in [2.75, 3.05) is 0 Å². The number of rotatable bonds is 2. The molecule has 5 nitrogen and oxygen atoms in total. The summed E-state index contributed by atoms with van der Waals surface area (Å²) in [6, 6.07) is 8.71. The van der Waals surface area contributed by atoms with Crippen LogP contribution in [0.2, 0.25) is 5.02 Å². The number of hydrogen-bond acceptors (Lipinski definition) is 3. The van der Waals surface area contributed by atoms with Gasteiger partial charge in [-0.05, 0) is 12.1 Å². The van der Waals surface area contributed by atoms with Crippen LogP contribution in [0.4, 0.5) is 0 Å². The van der Waals surface area contributed by atoms with Gasteiger partial charge in [0.1, 0.15) is 0 Å². The lowest BCUT2D eigenvalue weighted by Crippen LogP contribution is -2.01. The van der Waals surface area contributed by atoms with Gasteiger partial charge in [0.05, 0.1) is 22.8 Å². The predicted octanol–water partition coefficient (Wildman–Crippen LogP) is 2.99. The molecule has 2 heterocycles. The first-order valence-electron chi connectivity index (χ1n) is 5.89. The summed E-state index contributed by atoms with van der Waals surface area (Å²) in [5.74, 6) is -1.02. The standard InChI is InChI=1S/C14H10ClN3O2/c1-18-13-10(7-16-18)9(14(19)20)6-12(17-13)8-4-2-3-5-11(8)15/h2-7H,1H3,(H,19,20). The zero-order valence-corrected chi connectivity index (χ0v) is 11.3. The second-order valence-corrected chi connectivity index (χ2v) is 4.75. The van der Waals surface area contributed by atoms with Crippen LogP contribution in [-0.4, -0.2) is 25.8 Å². The van der Waals surface area contributed by atoms with E-state index < -0.39 is 5.97 Å². The van der Waals surface area contributed by atoms with E-state index in [0.717, 1.165) is 0 Å². The van der Waals surface area contributed by atoms with Crippen molar-refractivity contribution in [2.45, 2.75) is 0 Å². The van der Waals surface area contributed by atoms with Crippen molar-refractivity contribution in [3.63, 3.8) is 0 Å². The highest BCUT2D eigenvalue weighted by Gasteiger charge is 2.16. The number of aromatic carboxylic acids is 1. The Morgan fingerprint density at radius 2 is 2.10 bits per heavy atom. The number of halogens is 1. The number of carboxylic acid groups (broad SMARTS) is 1. The Hall–Kier alpha value is -2.40. The normalized spacial score (nSPS) is 10.9. The molecule has 0 aliphatic heterocycles. The molecular formula is C14H10ClN3O2. The van der Waals surface area contributed by atoms with Crippen molar-refractivity contribution in [1.82, 2.24) is 14.8 Å². The fourth-order valence-electron chi connectivity index (χ4n) is 2.10. The van der Waals surface area contributed by atoms with Crippen LogP contribution in [0.3, 0.4) is 0 Å². The van der Waals surface area contributed by atoms with Crippen LogP contribution in [0.1, 0.15) is 10.4 Å². The minimum absolute atomic E-state index is 0.165. The van der Waals surface area contributed by atoms with E-state index in [1.807, 2.05) is 12.1 Å². The quantitative estimate of drug-likeness (QED) is 0.787. The lowest BCUT2D eigenvalue weighted by molar-refractivity contribution is 0.0699. The molecule has 0 fully saturated rings. The molecule has 20 heavy (non-hydrogen) atoms.